The molecule has 1 aliphatic heterocycles. The summed E-state index contributed by atoms with van der Waals surface area (Å²) >= 11 is 0. The smallest absolute Gasteiger partial charge is 0.411 e. The molecule has 0 saturated heterocycles. The van der Waals surface area contributed by atoms with E-state index in [1.54, 1.807) is 24.3 Å². The molecule has 1 aliphatic rings. The van der Waals surface area contributed by atoms with Crippen LogP contribution in [0.15, 0.2) is 53.7 Å². The topological polar surface area (TPSA) is 156 Å². The normalized spacial score (nSPS) is 14.6. The summed E-state index contributed by atoms with van der Waals surface area (Å²) in [5.41, 5.74) is 12.7. The number of nitrogens with one attached hydrogen (secondary N) is 2. The molecule has 0 bridgehead atoms. The molecular formula is C19H19FN8O2. The zero-order valence-electron chi connectivity index (χ0n) is 16.0. The highest BCUT2D eigenvalue weighted by molar-refractivity contribution is 6.30. The first-order valence-electron chi connectivity index (χ1n) is 8.65. The van der Waals surface area contributed by atoms with Crippen molar-refractivity contribution in [3.63, 3.8) is 0 Å². The molecule has 3 rings (SSSR count). The molecule has 30 heavy (non-hydrogen) atoms. The minimum absolute atomic E-state index is 0.00302. The largest absolute Gasteiger partial charge is 0.453 e. The number of ether oxygens (including phenoxy) is 1. The second-order valence-corrected chi connectivity index (χ2v) is 6.07. The van der Waals surface area contributed by atoms with Gasteiger partial charge >= 0.3 is 6.09 Å². The van der Waals surface area contributed by atoms with Crippen LogP contribution in [0.1, 0.15) is 11.4 Å². The number of hydrazone groups is 1. The third kappa shape index (κ3) is 3.94. The average molecular weight is 410 g/mol. The Morgan fingerprint density at radius 1 is 1.33 bits per heavy atom. The first kappa shape index (κ1) is 20.5. The van der Waals surface area contributed by atoms with E-state index in [-0.39, 0.29) is 41.2 Å². The number of carbonyl (C=O) groups excluding carboxylic acids is 1. The maximum absolute atomic E-state index is 14.0. The van der Waals surface area contributed by atoms with Crippen LogP contribution in [0.5, 0.6) is 0 Å². The van der Waals surface area contributed by atoms with Crippen LogP contribution in [-0.4, -0.2) is 39.7 Å². The maximum atomic E-state index is 14.0. The SMILES string of the molecule is C=C/C=C1\C(=N)N(Cc2ccccc2F)N=C1c1nc(N)c(NC(=O)OC)c(N)n1. The van der Waals surface area contributed by atoms with Crippen LogP contribution in [0, 0.1) is 11.2 Å². The Bertz CT molecular complexity index is 1070. The molecule has 0 saturated carbocycles. The van der Waals surface area contributed by atoms with Crippen molar-refractivity contribution in [1.29, 1.82) is 5.41 Å². The Morgan fingerprint density at radius 2 is 2.00 bits per heavy atom. The van der Waals surface area contributed by atoms with Crippen molar-refractivity contribution in [2.24, 2.45) is 5.10 Å². The van der Waals surface area contributed by atoms with Crippen molar-refractivity contribution in [1.82, 2.24) is 15.0 Å². The third-order valence-corrected chi connectivity index (χ3v) is 4.14. The summed E-state index contributed by atoms with van der Waals surface area (Å²) in [6, 6.07) is 6.21. The lowest BCUT2D eigenvalue weighted by atomic mass is 10.1. The molecule has 1 aromatic carbocycles. The second-order valence-electron chi connectivity index (χ2n) is 6.07. The van der Waals surface area contributed by atoms with Gasteiger partial charge in [-0.05, 0) is 12.1 Å². The number of hydrogen-bond acceptors (Lipinski definition) is 8. The second kappa shape index (κ2) is 8.39. The summed E-state index contributed by atoms with van der Waals surface area (Å²) in [5.74, 6) is -0.587. The first-order valence-corrected chi connectivity index (χ1v) is 8.65. The highest BCUT2D eigenvalue weighted by Crippen LogP contribution is 2.27. The van der Waals surface area contributed by atoms with Gasteiger partial charge in [0.15, 0.2) is 23.3 Å². The van der Waals surface area contributed by atoms with Crippen LogP contribution in [0.3, 0.4) is 0 Å². The number of rotatable bonds is 5. The number of hydrogen-bond donors (Lipinski definition) is 4. The summed E-state index contributed by atoms with van der Waals surface area (Å²) < 4.78 is 18.6. The Labute approximate surface area is 171 Å². The van der Waals surface area contributed by atoms with Gasteiger partial charge in [-0.15, -0.1) is 0 Å². The van der Waals surface area contributed by atoms with Gasteiger partial charge in [0.25, 0.3) is 0 Å². The van der Waals surface area contributed by atoms with Gasteiger partial charge in [-0.3, -0.25) is 10.7 Å². The molecule has 6 N–H and O–H groups in total. The Kier molecular flexibility index (Phi) is 5.72. The number of allylic oxidation sites excluding steroid dienone is 2. The van der Waals surface area contributed by atoms with E-state index in [0.29, 0.717) is 11.1 Å². The maximum Gasteiger partial charge on any atom is 0.411 e. The molecule has 0 unspecified atom stereocenters. The van der Waals surface area contributed by atoms with Gasteiger partial charge in [0.1, 0.15) is 17.2 Å². The number of aromatic nitrogens is 2. The zero-order valence-corrected chi connectivity index (χ0v) is 16.0. The third-order valence-electron chi connectivity index (χ3n) is 4.14. The van der Waals surface area contributed by atoms with E-state index in [9.17, 15) is 9.18 Å². The van der Waals surface area contributed by atoms with Crippen molar-refractivity contribution in [2.45, 2.75) is 6.54 Å². The van der Waals surface area contributed by atoms with Crippen molar-refractivity contribution in [2.75, 3.05) is 23.9 Å². The van der Waals surface area contributed by atoms with Crippen molar-refractivity contribution >= 4 is 35.0 Å². The minimum atomic E-state index is -0.784. The fraction of sp³-hybridized carbons (Fsp3) is 0.105. The number of nitrogens with two attached hydrogens (primary N) is 2. The summed E-state index contributed by atoms with van der Waals surface area (Å²) in [6.45, 7) is 3.67. The number of carbonyl (C=O) groups is 1. The summed E-state index contributed by atoms with van der Waals surface area (Å²) in [4.78, 5) is 19.7. The molecule has 1 aromatic heterocycles. The van der Waals surface area contributed by atoms with Crippen molar-refractivity contribution < 1.29 is 13.9 Å². The molecule has 0 aliphatic carbocycles. The number of amidine groups is 1. The number of methoxy groups -OCH3 is 1. The molecule has 154 valence electrons. The van der Waals surface area contributed by atoms with Crippen LogP contribution in [-0.2, 0) is 11.3 Å². The highest BCUT2D eigenvalue weighted by atomic mass is 19.1. The van der Waals surface area contributed by atoms with E-state index in [0.717, 1.165) is 0 Å². The Morgan fingerprint density at radius 3 is 2.60 bits per heavy atom. The van der Waals surface area contributed by atoms with E-state index in [2.05, 4.69) is 31.7 Å². The number of nitrogens with zero attached hydrogens (tertiary/aromatic N) is 4. The van der Waals surface area contributed by atoms with Gasteiger partial charge in [-0.25, -0.2) is 24.2 Å². The van der Waals surface area contributed by atoms with E-state index in [4.69, 9.17) is 16.9 Å². The lowest BCUT2D eigenvalue weighted by Gasteiger charge is -2.14. The Balaban J connectivity index is 2.01. The van der Waals surface area contributed by atoms with Gasteiger partial charge in [0.05, 0.1) is 13.7 Å². The number of benzene rings is 1. The lowest BCUT2D eigenvalue weighted by molar-refractivity contribution is 0.187. The standard InChI is InChI=1S/C19H19FN8O2/c1-3-6-11-13(18-25-15(21)14(16(22)26-18)24-19(29)30-2)27-28(17(11)23)9-10-7-4-5-8-12(10)20/h3-8,23H,1,9H2,2H3,(H,24,29)(H4,21,22,25,26)/b11-6-,23-17?. The van der Waals surface area contributed by atoms with Crippen molar-refractivity contribution in [3.8, 4) is 0 Å². The monoisotopic (exact) mass is 410 g/mol. The molecule has 0 radical (unpaired) electrons. The van der Waals surface area contributed by atoms with E-state index in [1.165, 1.54) is 24.3 Å². The van der Waals surface area contributed by atoms with Gasteiger partial charge in [0.2, 0.25) is 0 Å². The van der Waals surface area contributed by atoms with Crippen molar-refractivity contribution in [3.05, 3.63) is 65.8 Å². The van der Waals surface area contributed by atoms with E-state index >= 15 is 0 Å². The van der Waals surface area contributed by atoms with E-state index in [1.807, 2.05) is 0 Å². The van der Waals surface area contributed by atoms with Gasteiger partial charge in [-0.1, -0.05) is 30.9 Å². The molecule has 11 heteroatoms. The molecule has 1 amide bonds. The number of nitrogen functional groups attached to an aromatic ring is 2. The number of amides is 1. The lowest BCUT2D eigenvalue weighted by Crippen LogP contribution is -2.22. The van der Waals surface area contributed by atoms with Crippen LogP contribution in [0.25, 0.3) is 0 Å². The molecule has 2 aromatic rings. The molecule has 0 fully saturated rings. The molecule has 0 atom stereocenters. The minimum Gasteiger partial charge on any atom is -0.453 e. The van der Waals surface area contributed by atoms with E-state index < -0.39 is 11.9 Å². The number of halogens is 1. The molecule has 10 nitrogen and oxygen atoms in total. The highest BCUT2D eigenvalue weighted by Gasteiger charge is 2.30. The van der Waals surface area contributed by atoms with Crippen LogP contribution >= 0.6 is 0 Å². The summed E-state index contributed by atoms with van der Waals surface area (Å²) in [5, 5.41) is 16.4. The predicted molar refractivity (Wildman–Crippen MR) is 111 cm³/mol. The molecular weight excluding hydrogens is 391 g/mol. The van der Waals surface area contributed by atoms with Crippen LogP contribution in [0.4, 0.5) is 26.5 Å². The summed E-state index contributed by atoms with van der Waals surface area (Å²) in [7, 11) is 1.19. The van der Waals surface area contributed by atoms with Crippen LogP contribution < -0.4 is 16.8 Å². The quantitative estimate of drug-likeness (QED) is 0.589. The van der Waals surface area contributed by atoms with Gasteiger partial charge in [0, 0.05) is 11.1 Å². The Hall–Kier alpha value is -4.28. The fourth-order valence-electron chi connectivity index (χ4n) is 2.70. The molecule has 2 heterocycles. The number of anilines is 3. The predicted octanol–water partition coefficient (Wildman–Crippen LogP) is 2.27. The van der Waals surface area contributed by atoms with Gasteiger partial charge < -0.3 is 16.2 Å². The average Bonchev–Trinajstić information content (AvgIpc) is 3.02. The first-order chi connectivity index (χ1) is 14.3. The summed E-state index contributed by atoms with van der Waals surface area (Å²) in [6.07, 6.45) is 2.25. The molecule has 0 spiro atoms. The van der Waals surface area contributed by atoms with Crippen LogP contribution in [0.2, 0.25) is 0 Å². The van der Waals surface area contributed by atoms with Gasteiger partial charge in [-0.2, -0.15) is 5.10 Å². The zero-order chi connectivity index (χ0) is 21.8. The fourth-order valence-corrected chi connectivity index (χ4v) is 2.70.